The summed E-state index contributed by atoms with van der Waals surface area (Å²) >= 11 is 0. The zero-order chi connectivity index (χ0) is 23.7. The monoisotopic (exact) mass is 452 g/mol. The fourth-order valence-electron chi connectivity index (χ4n) is 3.12. The largest absolute Gasteiger partial charge is 0.454 e. The number of anilines is 1. The third-order valence-electron chi connectivity index (χ3n) is 4.77. The second-order valence-electron chi connectivity index (χ2n) is 7.08. The Kier molecular flexibility index (Phi) is 5.69. The van der Waals surface area contributed by atoms with Crippen molar-refractivity contribution in [1.29, 1.82) is 0 Å². The molecule has 9 nitrogen and oxygen atoms in total. The van der Waals surface area contributed by atoms with Crippen LogP contribution in [0.25, 0.3) is 16.9 Å². The minimum Gasteiger partial charge on any atom is -0.454 e. The van der Waals surface area contributed by atoms with Gasteiger partial charge in [0.2, 0.25) is 5.91 Å². The van der Waals surface area contributed by atoms with Crippen LogP contribution in [0.1, 0.15) is 29.5 Å². The summed E-state index contributed by atoms with van der Waals surface area (Å²) < 4.78 is 34.6. The van der Waals surface area contributed by atoms with Crippen molar-refractivity contribution in [1.82, 2.24) is 19.8 Å². The quantitative estimate of drug-likeness (QED) is 0.460. The van der Waals surface area contributed by atoms with E-state index >= 15 is 0 Å². The number of ether oxygens (including phenoxy) is 1. The maximum atomic E-state index is 14.2. The Morgan fingerprint density at radius 3 is 2.55 bits per heavy atom. The summed E-state index contributed by atoms with van der Waals surface area (Å²) in [5, 5.41) is 15.0. The normalized spacial score (nSPS) is 10.9. The van der Waals surface area contributed by atoms with E-state index in [9.17, 15) is 18.4 Å². The van der Waals surface area contributed by atoms with Crippen molar-refractivity contribution >= 4 is 23.1 Å². The molecule has 4 rings (SSSR count). The van der Waals surface area contributed by atoms with Crippen molar-refractivity contribution < 1.29 is 23.1 Å². The van der Waals surface area contributed by atoms with Crippen LogP contribution in [0.4, 0.5) is 14.5 Å². The number of hydrogen-bond acceptors (Lipinski definition) is 6. The lowest BCUT2D eigenvalue weighted by Crippen LogP contribution is -2.14. The maximum Gasteiger partial charge on any atom is 0.252 e. The predicted octanol–water partition coefficient (Wildman–Crippen LogP) is 3.62. The van der Waals surface area contributed by atoms with Crippen LogP contribution in [-0.2, 0) is 4.79 Å². The van der Waals surface area contributed by atoms with Gasteiger partial charge in [-0.3, -0.25) is 9.59 Å². The maximum absolute atomic E-state index is 14.2. The SMILES string of the molecule is CCC(=O)Nc1ccc(Oc2ccc(F)cc2F)c(-c2cc(C(N)=O)c3nnc(C)n3n2)c1. The molecule has 0 bridgehead atoms. The van der Waals surface area contributed by atoms with Crippen LogP contribution in [0.2, 0.25) is 0 Å². The summed E-state index contributed by atoms with van der Waals surface area (Å²) in [5.74, 6) is -2.31. The number of fused-ring (bicyclic) bond motifs is 1. The van der Waals surface area contributed by atoms with Crippen LogP contribution in [0.5, 0.6) is 11.5 Å². The molecule has 0 aliphatic carbocycles. The van der Waals surface area contributed by atoms with Gasteiger partial charge in [0.15, 0.2) is 23.0 Å². The standard InChI is InChI=1S/C22H18F2N6O3/c1-3-20(31)26-13-5-7-18(33-19-6-4-12(23)8-16(19)24)14(9-13)17-10-15(21(25)32)22-28-27-11(2)30(22)29-17/h4-10H,3H2,1-2H3,(H2,25,32)(H,26,31). The number of halogens is 2. The number of amides is 2. The summed E-state index contributed by atoms with van der Waals surface area (Å²) in [6.07, 6.45) is 0.254. The van der Waals surface area contributed by atoms with Gasteiger partial charge in [-0.2, -0.15) is 9.61 Å². The highest BCUT2D eigenvalue weighted by Crippen LogP contribution is 2.36. The number of rotatable bonds is 6. The van der Waals surface area contributed by atoms with E-state index in [4.69, 9.17) is 10.5 Å². The first-order valence-electron chi connectivity index (χ1n) is 9.87. The summed E-state index contributed by atoms with van der Waals surface area (Å²) in [4.78, 5) is 23.9. The molecule has 3 N–H and O–H groups in total. The van der Waals surface area contributed by atoms with Gasteiger partial charge in [0.05, 0.1) is 11.3 Å². The summed E-state index contributed by atoms with van der Waals surface area (Å²) in [5.41, 5.74) is 6.71. The smallest absolute Gasteiger partial charge is 0.252 e. The lowest BCUT2D eigenvalue weighted by molar-refractivity contribution is -0.115. The third kappa shape index (κ3) is 4.33. The molecule has 0 saturated heterocycles. The summed E-state index contributed by atoms with van der Waals surface area (Å²) in [7, 11) is 0. The molecule has 33 heavy (non-hydrogen) atoms. The van der Waals surface area contributed by atoms with Crippen molar-refractivity contribution in [3.05, 3.63) is 65.5 Å². The zero-order valence-corrected chi connectivity index (χ0v) is 17.6. The number of benzene rings is 2. The van der Waals surface area contributed by atoms with Gasteiger partial charge in [-0.25, -0.2) is 8.78 Å². The number of nitrogens with two attached hydrogens (primary N) is 1. The van der Waals surface area contributed by atoms with Crippen LogP contribution in [0.15, 0.2) is 42.5 Å². The molecule has 0 aliphatic heterocycles. The highest BCUT2D eigenvalue weighted by atomic mass is 19.1. The molecule has 0 unspecified atom stereocenters. The molecular weight excluding hydrogens is 434 g/mol. The lowest BCUT2D eigenvalue weighted by atomic mass is 10.1. The van der Waals surface area contributed by atoms with E-state index in [-0.39, 0.29) is 40.7 Å². The Bertz CT molecular complexity index is 1400. The number of carbonyl (C=O) groups excluding carboxylic acids is 2. The Hall–Kier alpha value is -4.41. The highest BCUT2D eigenvalue weighted by molar-refractivity contribution is 5.99. The zero-order valence-electron chi connectivity index (χ0n) is 17.6. The van der Waals surface area contributed by atoms with Crippen molar-refractivity contribution in [2.45, 2.75) is 20.3 Å². The second-order valence-corrected chi connectivity index (χ2v) is 7.08. The number of nitrogens with one attached hydrogen (secondary N) is 1. The molecule has 0 fully saturated rings. The highest BCUT2D eigenvalue weighted by Gasteiger charge is 2.19. The molecule has 2 heterocycles. The Balaban J connectivity index is 1.90. The van der Waals surface area contributed by atoms with E-state index < -0.39 is 17.5 Å². The molecule has 2 amide bonds. The molecule has 11 heteroatoms. The molecule has 168 valence electrons. The first-order chi connectivity index (χ1) is 15.8. The molecule has 0 saturated carbocycles. The average molecular weight is 452 g/mol. The molecule has 0 spiro atoms. The molecule has 0 atom stereocenters. The summed E-state index contributed by atoms with van der Waals surface area (Å²) in [6, 6.07) is 8.93. The minimum atomic E-state index is -0.903. The van der Waals surface area contributed by atoms with E-state index in [1.807, 2.05) is 0 Å². The lowest BCUT2D eigenvalue weighted by Gasteiger charge is -2.14. The molecular formula is C22H18F2N6O3. The van der Waals surface area contributed by atoms with Gasteiger partial charge in [0.1, 0.15) is 11.6 Å². The topological polar surface area (TPSA) is 124 Å². The van der Waals surface area contributed by atoms with Crippen molar-refractivity contribution in [2.24, 2.45) is 5.73 Å². The van der Waals surface area contributed by atoms with E-state index in [0.29, 0.717) is 23.1 Å². The fraction of sp³-hybridized carbons (Fsp3) is 0.136. The van der Waals surface area contributed by atoms with Gasteiger partial charge >= 0.3 is 0 Å². The first kappa shape index (κ1) is 21.8. The Morgan fingerprint density at radius 2 is 1.85 bits per heavy atom. The van der Waals surface area contributed by atoms with Gasteiger partial charge in [-0.1, -0.05) is 6.92 Å². The summed E-state index contributed by atoms with van der Waals surface area (Å²) in [6.45, 7) is 3.35. The molecule has 2 aromatic carbocycles. The molecule has 0 aliphatic rings. The average Bonchev–Trinajstić information content (AvgIpc) is 3.16. The van der Waals surface area contributed by atoms with Crippen LogP contribution in [0.3, 0.4) is 0 Å². The van der Waals surface area contributed by atoms with Gasteiger partial charge < -0.3 is 15.8 Å². The van der Waals surface area contributed by atoms with Crippen LogP contribution >= 0.6 is 0 Å². The minimum absolute atomic E-state index is 0.0579. The van der Waals surface area contributed by atoms with Gasteiger partial charge in [0, 0.05) is 23.7 Å². The van der Waals surface area contributed by atoms with E-state index in [1.165, 1.54) is 16.6 Å². The van der Waals surface area contributed by atoms with E-state index in [0.717, 1.165) is 12.1 Å². The van der Waals surface area contributed by atoms with Crippen LogP contribution in [-0.4, -0.2) is 31.6 Å². The van der Waals surface area contributed by atoms with Gasteiger partial charge in [-0.05, 0) is 43.3 Å². The van der Waals surface area contributed by atoms with E-state index in [1.54, 1.807) is 26.0 Å². The number of primary amides is 1. The van der Waals surface area contributed by atoms with Crippen LogP contribution < -0.4 is 15.8 Å². The second kappa shape index (κ2) is 8.61. The number of aromatic nitrogens is 4. The number of nitrogens with zero attached hydrogens (tertiary/aromatic N) is 4. The molecule has 2 aromatic heterocycles. The molecule has 0 radical (unpaired) electrons. The first-order valence-corrected chi connectivity index (χ1v) is 9.87. The van der Waals surface area contributed by atoms with Crippen molar-refractivity contribution in [2.75, 3.05) is 5.32 Å². The Morgan fingerprint density at radius 1 is 1.09 bits per heavy atom. The molecule has 4 aromatic rings. The number of carbonyl (C=O) groups is 2. The number of hydrogen-bond donors (Lipinski definition) is 2. The number of aryl methyl sites for hydroxylation is 1. The van der Waals surface area contributed by atoms with E-state index in [2.05, 4.69) is 20.6 Å². The Labute approximate surface area is 186 Å². The van der Waals surface area contributed by atoms with Gasteiger partial charge in [-0.15, -0.1) is 10.2 Å². The van der Waals surface area contributed by atoms with Crippen molar-refractivity contribution in [3.8, 4) is 22.8 Å². The van der Waals surface area contributed by atoms with Crippen LogP contribution in [0, 0.1) is 18.6 Å². The van der Waals surface area contributed by atoms with Crippen molar-refractivity contribution in [3.63, 3.8) is 0 Å². The van der Waals surface area contributed by atoms with Gasteiger partial charge in [0.25, 0.3) is 5.91 Å². The fourth-order valence-corrected chi connectivity index (χ4v) is 3.12. The predicted molar refractivity (Wildman–Crippen MR) is 115 cm³/mol. The third-order valence-corrected chi connectivity index (χ3v) is 4.77.